The monoisotopic (exact) mass is 342 g/mol. The third-order valence-electron chi connectivity index (χ3n) is 3.92. The Kier molecular flexibility index (Phi) is 5.96. The smallest absolute Gasteiger partial charge is 0.407 e. The zero-order chi connectivity index (χ0) is 18.4. The first-order chi connectivity index (χ1) is 11.8. The number of anilines is 1. The van der Waals surface area contributed by atoms with Crippen LogP contribution in [0.1, 0.15) is 27.7 Å². The zero-order valence-corrected chi connectivity index (χ0v) is 15.2. The van der Waals surface area contributed by atoms with Gasteiger partial charge in [0.1, 0.15) is 5.82 Å². The van der Waals surface area contributed by atoms with E-state index in [9.17, 15) is 9.90 Å². The Morgan fingerprint density at radius 1 is 1.24 bits per heavy atom. The van der Waals surface area contributed by atoms with Gasteiger partial charge in [-0.3, -0.25) is 4.98 Å². The highest BCUT2D eigenvalue weighted by atomic mass is 16.4. The highest BCUT2D eigenvalue weighted by molar-refractivity contribution is 5.66. The van der Waals surface area contributed by atoms with Gasteiger partial charge in [-0.15, -0.1) is 0 Å². The predicted molar refractivity (Wildman–Crippen MR) is 99.6 cm³/mol. The van der Waals surface area contributed by atoms with Crippen molar-refractivity contribution >= 4 is 11.9 Å². The summed E-state index contributed by atoms with van der Waals surface area (Å²) in [5, 5.41) is 12.6. The van der Waals surface area contributed by atoms with Crippen molar-refractivity contribution in [2.45, 2.75) is 33.2 Å². The van der Waals surface area contributed by atoms with E-state index >= 15 is 0 Å². The lowest BCUT2D eigenvalue weighted by molar-refractivity contribution is 0.0917. The van der Waals surface area contributed by atoms with Crippen molar-refractivity contribution in [3.05, 3.63) is 42.9 Å². The fourth-order valence-electron chi connectivity index (χ4n) is 2.50. The molecule has 0 saturated heterocycles. The molecule has 0 fully saturated rings. The van der Waals surface area contributed by atoms with Crippen LogP contribution < -0.4 is 5.32 Å². The number of nitrogens with one attached hydrogen (secondary N) is 1. The fourth-order valence-corrected chi connectivity index (χ4v) is 2.50. The van der Waals surface area contributed by atoms with Crippen molar-refractivity contribution in [2.75, 3.05) is 18.4 Å². The molecule has 2 rings (SSSR count). The van der Waals surface area contributed by atoms with Crippen molar-refractivity contribution in [1.29, 1.82) is 0 Å². The second kappa shape index (κ2) is 7.96. The Labute approximate surface area is 148 Å². The maximum atomic E-state index is 11.4. The number of pyridine rings is 2. The molecule has 0 aromatic carbocycles. The van der Waals surface area contributed by atoms with Gasteiger partial charge in [-0.2, -0.15) is 0 Å². The SMILES string of the molecule is CC(CNc1ccc(-c2cccnc2)cn1)CN(C(=O)O)C(C)(C)C. The quantitative estimate of drug-likeness (QED) is 0.830. The van der Waals surface area contributed by atoms with Crippen molar-refractivity contribution < 1.29 is 9.90 Å². The Balaban J connectivity index is 1.91. The van der Waals surface area contributed by atoms with Gasteiger partial charge in [0.05, 0.1) is 0 Å². The van der Waals surface area contributed by atoms with Gasteiger partial charge in [0.2, 0.25) is 0 Å². The molecule has 2 aromatic heterocycles. The number of carbonyl (C=O) groups is 1. The average molecular weight is 342 g/mol. The number of amides is 1. The summed E-state index contributed by atoms with van der Waals surface area (Å²) in [5.41, 5.74) is 1.62. The molecule has 0 radical (unpaired) electrons. The third kappa shape index (κ3) is 5.45. The van der Waals surface area contributed by atoms with Crippen LogP contribution in [-0.2, 0) is 0 Å². The minimum absolute atomic E-state index is 0.162. The fraction of sp³-hybridized carbons (Fsp3) is 0.421. The van der Waals surface area contributed by atoms with Gasteiger partial charge in [-0.1, -0.05) is 13.0 Å². The summed E-state index contributed by atoms with van der Waals surface area (Å²) in [5.74, 6) is 0.937. The van der Waals surface area contributed by atoms with Gasteiger partial charge >= 0.3 is 6.09 Å². The van der Waals surface area contributed by atoms with Crippen LogP contribution in [0.2, 0.25) is 0 Å². The topological polar surface area (TPSA) is 78.4 Å². The minimum atomic E-state index is -0.890. The molecule has 6 heteroatoms. The normalized spacial score (nSPS) is 12.5. The van der Waals surface area contributed by atoms with Gasteiger partial charge in [-0.25, -0.2) is 9.78 Å². The molecule has 2 heterocycles. The number of hydrogen-bond acceptors (Lipinski definition) is 4. The standard InChI is InChI=1S/C19H26N4O2/c1-14(13-23(18(24)25)19(2,3)4)10-21-17-8-7-16(12-22-17)15-6-5-9-20-11-15/h5-9,11-12,14H,10,13H2,1-4H3,(H,21,22)(H,24,25). The molecule has 1 unspecified atom stereocenters. The minimum Gasteiger partial charge on any atom is -0.465 e. The van der Waals surface area contributed by atoms with E-state index in [0.717, 1.165) is 16.9 Å². The summed E-state index contributed by atoms with van der Waals surface area (Å²) in [6.45, 7) is 8.86. The van der Waals surface area contributed by atoms with E-state index in [1.807, 2.05) is 58.2 Å². The molecule has 0 aliphatic carbocycles. The summed E-state index contributed by atoms with van der Waals surface area (Å²) in [6.07, 6.45) is 4.46. The number of rotatable bonds is 6. The number of hydrogen-bond donors (Lipinski definition) is 2. The average Bonchev–Trinajstić information content (AvgIpc) is 2.58. The summed E-state index contributed by atoms with van der Waals surface area (Å²) in [4.78, 5) is 21.4. The van der Waals surface area contributed by atoms with E-state index in [4.69, 9.17) is 0 Å². The van der Waals surface area contributed by atoms with E-state index < -0.39 is 11.6 Å². The second-order valence-corrected chi connectivity index (χ2v) is 7.22. The molecule has 1 atom stereocenters. The van der Waals surface area contributed by atoms with E-state index in [1.54, 1.807) is 12.4 Å². The van der Waals surface area contributed by atoms with Crippen LogP contribution in [0.5, 0.6) is 0 Å². The first-order valence-electron chi connectivity index (χ1n) is 8.38. The van der Waals surface area contributed by atoms with E-state index in [-0.39, 0.29) is 5.92 Å². The van der Waals surface area contributed by atoms with Gasteiger partial charge in [0, 0.05) is 48.3 Å². The molecule has 25 heavy (non-hydrogen) atoms. The number of nitrogens with zero attached hydrogens (tertiary/aromatic N) is 3. The van der Waals surface area contributed by atoms with Crippen LogP contribution in [0.3, 0.4) is 0 Å². The summed E-state index contributed by atoms with van der Waals surface area (Å²) in [6, 6.07) is 7.81. The lowest BCUT2D eigenvalue weighted by atomic mass is 10.0. The van der Waals surface area contributed by atoms with Crippen LogP contribution in [0.15, 0.2) is 42.9 Å². The molecule has 0 saturated carbocycles. The molecule has 0 aliphatic heterocycles. The highest BCUT2D eigenvalue weighted by Crippen LogP contribution is 2.19. The van der Waals surface area contributed by atoms with Crippen LogP contribution in [0, 0.1) is 5.92 Å². The van der Waals surface area contributed by atoms with Crippen molar-refractivity contribution in [1.82, 2.24) is 14.9 Å². The van der Waals surface area contributed by atoms with Gasteiger partial charge < -0.3 is 15.3 Å². The molecule has 2 aromatic rings. The molecule has 2 N–H and O–H groups in total. The van der Waals surface area contributed by atoms with Crippen LogP contribution in [0.25, 0.3) is 11.1 Å². The molecule has 6 nitrogen and oxygen atoms in total. The summed E-state index contributed by atoms with van der Waals surface area (Å²) < 4.78 is 0. The van der Waals surface area contributed by atoms with Crippen LogP contribution in [-0.4, -0.2) is 44.7 Å². The highest BCUT2D eigenvalue weighted by Gasteiger charge is 2.27. The molecule has 0 bridgehead atoms. The van der Waals surface area contributed by atoms with Gasteiger partial charge in [0.15, 0.2) is 0 Å². The molecule has 1 amide bonds. The lowest BCUT2D eigenvalue weighted by Crippen LogP contribution is -2.47. The zero-order valence-electron chi connectivity index (χ0n) is 15.2. The first kappa shape index (κ1) is 18.7. The first-order valence-corrected chi connectivity index (χ1v) is 8.38. The Morgan fingerprint density at radius 3 is 2.48 bits per heavy atom. The van der Waals surface area contributed by atoms with Gasteiger partial charge in [0.25, 0.3) is 0 Å². The molecular weight excluding hydrogens is 316 g/mol. The Hall–Kier alpha value is -2.63. The molecule has 0 spiro atoms. The largest absolute Gasteiger partial charge is 0.465 e. The van der Waals surface area contributed by atoms with E-state index in [2.05, 4.69) is 15.3 Å². The van der Waals surface area contributed by atoms with Crippen molar-refractivity contribution in [3.63, 3.8) is 0 Å². The third-order valence-corrected chi connectivity index (χ3v) is 3.92. The second-order valence-electron chi connectivity index (χ2n) is 7.22. The number of carboxylic acid groups (broad SMARTS) is 1. The van der Waals surface area contributed by atoms with E-state index in [1.165, 1.54) is 4.90 Å². The lowest BCUT2D eigenvalue weighted by Gasteiger charge is -2.35. The molecule has 134 valence electrons. The van der Waals surface area contributed by atoms with Crippen molar-refractivity contribution in [2.24, 2.45) is 5.92 Å². The summed E-state index contributed by atoms with van der Waals surface area (Å²) >= 11 is 0. The van der Waals surface area contributed by atoms with Crippen LogP contribution in [0.4, 0.5) is 10.6 Å². The number of aromatic nitrogens is 2. The van der Waals surface area contributed by atoms with Gasteiger partial charge in [-0.05, 0) is 44.9 Å². The summed E-state index contributed by atoms with van der Waals surface area (Å²) in [7, 11) is 0. The van der Waals surface area contributed by atoms with E-state index in [0.29, 0.717) is 13.1 Å². The van der Waals surface area contributed by atoms with Crippen LogP contribution >= 0.6 is 0 Å². The maximum Gasteiger partial charge on any atom is 0.407 e. The Morgan fingerprint density at radius 2 is 1.96 bits per heavy atom. The Bertz CT molecular complexity index is 681. The molecular formula is C19H26N4O2. The molecule has 0 aliphatic rings. The maximum absolute atomic E-state index is 11.4. The predicted octanol–water partition coefficient (Wildman–Crippen LogP) is 3.97. The van der Waals surface area contributed by atoms with Crippen molar-refractivity contribution in [3.8, 4) is 11.1 Å².